The zero-order valence-corrected chi connectivity index (χ0v) is 16.0. The molecule has 5 rings (SSSR count). The van der Waals surface area contributed by atoms with Crippen molar-refractivity contribution in [1.82, 2.24) is 20.0 Å². The number of imide groups is 1. The van der Waals surface area contributed by atoms with E-state index in [1.807, 2.05) is 12.1 Å². The number of benzene rings is 1. The molecule has 2 amide bonds. The van der Waals surface area contributed by atoms with Gasteiger partial charge in [-0.25, -0.2) is 0 Å². The van der Waals surface area contributed by atoms with Crippen molar-refractivity contribution in [1.29, 1.82) is 0 Å². The fraction of sp³-hybridized carbons (Fsp3) is 0.429. The zero-order chi connectivity index (χ0) is 19.8. The molecule has 29 heavy (non-hydrogen) atoms. The Balaban J connectivity index is 1.15. The molecule has 150 valence electrons. The number of aromatic nitrogens is 2. The number of rotatable bonds is 5. The van der Waals surface area contributed by atoms with E-state index in [4.69, 9.17) is 9.47 Å². The fourth-order valence-corrected chi connectivity index (χ4v) is 4.27. The van der Waals surface area contributed by atoms with Crippen molar-refractivity contribution < 1.29 is 19.1 Å². The summed E-state index contributed by atoms with van der Waals surface area (Å²) in [7, 11) is 0. The van der Waals surface area contributed by atoms with Gasteiger partial charge in [0.2, 0.25) is 6.79 Å². The molecule has 1 saturated heterocycles. The number of ether oxygens (including phenoxy) is 2. The maximum atomic E-state index is 12.7. The van der Waals surface area contributed by atoms with Gasteiger partial charge >= 0.3 is 0 Å². The lowest BCUT2D eigenvalue weighted by molar-refractivity contribution is 0.0635. The van der Waals surface area contributed by atoms with Crippen LogP contribution < -0.4 is 9.47 Å². The molecule has 0 spiro atoms. The molecular weight excluding hydrogens is 372 g/mol. The molecule has 0 aliphatic carbocycles. The molecule has 0 N–H and O–H groups in total. The number of fused-ring (bicyclic) bond motifs is 2. The molecule has 4 heterocycles. The Morgan fingerprint density at radius 1 is 1.03 bits per heavy atom. The Labute approximate surface area is 168 Å². The van der Waals surface area contributed by atoms with Crippen LogP contribution in [0.4, 0.5) is 0 Å². The van der Waals surface area contributed by atoms with E-state index in [2.05, 4.69) is 15.1 Å². The van der Waals surface area contributed by atoms with Crippen LogP contribution >= 0.6 is 0 Å². The summed E-state index contributed by atoms with van der Waals surface area (Å²) >= 11 is 0. The van der Waals surface area contributed by atoms with Crippen LogP contribution in [0.3, 0.4) is 0 Å². The summed E-state index contributed by atoms with van der Waals surface area (Å²) in [5, 5.41) is 8.08. The second kappa shape index (κ2) is 7.44. The van der Waals surface area contributed by atoms with Gasteiger partial charge in [-0.05, 0) is 62.5 Å². The highest BCUT2D eigenvalue weighted by Crippen LogP contribution is 2.38. The molecule has 3 aliphatic heterocycles. The molecule has 1 aromatic heterocycles. The Bertz CT molecular complexity index is 898. The van der Waals surface area contributed by atoms with Crippen molar-refractivity contribution in [3.8, 4) is 11.5 Å². The number of amides is 2. The van der Waals surface area contributed by atoms with Gasteiger partial charge in [-0.2, -0.15) is 10.2 Å². The standard InChI is InChI=1S/C21H22N4O4/c26-20-16-10-18-19(29-13-28-18)11-17(16)21(27)25(20)9-5-14-3-7-24(8-4-14)12-15-2-1-6-22-23-15/h1-2,6,10-11,14H,3-5,7-9,12-13H2. The van der Waals surface area contributed by atoms with Crippen LogP contribution in [0.2, 0.25) is 0 Å². The van der Waals surface area contributed by atoms with Crippen molar-refractivity contribution in [2.75, 3.05) is 26.4 Å². The molecule has 2 aromatic rings. The summed E-state index contributed by atoms with van der Waals surface area (Å²) in [4.78, 5) is 29.2. The summed E-state index contributed by atoms with van der Waals surface area (Å²) in [5.41, 5.74) is 1.81. The quantitative estimate of drug-likeness (QED) is 0.718. The summed E-state index contributed by atoms with van der Waals surface area (Å²) in [6, 6.07) is 7.16. The maximum Gasteiger partial charge on any atom is 0.261 e. The lowest BCUT2D eigenvalue weighted by Crippen LogP contribution is -2.36. The van der Waals surface area contributed by atoms with Crippen LogP contribution in [-0.2, 0) is 6.54 Å². The number of nitrogens with zero attached hydrogens (tertiary/aromatic N) is 4. The van der Waals surface area contributed by atoms with Crippen molar-refractivity contribution >= 4 is 11.8 Å². The van der Waals surface area contributed by atoms with Gasteiger partial charge in [-0.15, -0.1) is 0 Å². The van der Waals surface area contributed by atoms with Crippen LogP contribution in [0, 0.1) is 5.92 Å². The first-order valence-corrected chi connectivity index (χ1v) is 9.98. The van der Waals surface area contributed by atoms with Gasteiger partial charge in [0.15, 0.2) is 11.5 Å². The van der Waals surface area contributed by atoms with E-state index in [-0.39, 0.29) is 18.6 Å². The van der Waals surface area contributed by atoms with Crippen LogP contribution in [0.15, 0.2) is 30.5 Å². The van der Waals surface area contributed by atoms with Crippen molar-refractivity contribution in [3.05, 3.63) is 47.3 Å². The molecule has 1 fully saturated rings. The Hall–Kier alpha value is -3.00. The van der Waals surface area contributed by atoms with Crippen molar-refractivity contribution in [3.63, 3.8) is 0 Å². The van der Waals surface area contributed by atoms with Gasteiger partial charge in [0, 0.05) is 19.3 Å². The Morgan fingerprint density at radius 3 is 2.34 bits per heavy atom. The minimum atomic E-state index is -0.233. The number of likely N-dealkylation sites (tertiary alicyclic amines) is 1. The van der Waals surface area contributed by atoms with E-state index in [0.717, 1.165) is 44.6 Å². The number of carbonyl (C=O) groups excluding carboxylic acids is 2. The highest BCUT2D eigenvalue weighted by atomic mass is 16.7. The lowest BCUT2D eigenvalue weighted by Gasteiger charge is -2.32. The topological polar surface area (TPSA) is 84.9 Å². The third-order valence-electron chi connectivity index (χ3n) is 5.95. The molecule has 8 nitrogen and oxygen atoms in total. The SMILES string of the molecule is O=C1c2cc3c(cc2C(=O)N1CCC1CCN(Cc2cccnn2)CC1)OCO3. The normalized spacial score (nSPS) is 19.1. The molecule has 0 saturated carbocycles. The average Bonchev–Trinajstić information content (AvgIpc) is 3.30. The van der Waals surface area contributed by atoms with E-state index in [9.17, 15) is 9.59 Å². The maximum absolute atomic E-state index is 12.7. The highest BCUT2D eigenvalue weighted by molar-refractivity contribution is 6.21. The number of hydrogen-bond acceptors (Lipinski definition) is 7. The first-order chi connectivity index (χ1) is 14.2. The van der Waals surface area contributed by atoms with Gasteiger partial charge in [-0.3, -0.25) is 19.4 Å². The largest absolute Gasteiger partial charge is 0.454 e. The highest BCUT2D eigenvalue weighted by Gasteiger charge is 2.38. The van der Waals surface area contributed by atoms with Crippen LogP contribution in [-0.4, -0.2) is 58.2 Å². The van der Waals surface area contributed by atoms with E-state index < -0.39 is 0 Å². The predicted molar refractivity (Wildman–Crippen MR) is 103 cm³/mol. The Morgan fingerprint density at radius 2 is 1.72 bits per heavy atom. The fourth-order valence-electron chi connectivity index (χ4n) is 4.27. The molecule has 0 radical (unpaired) electrons. The van der Waals surface area contributed by atoms with Gasteiger partial charge in [0.05, 0.1) is 16.8 Å². The van der Waals surface area contributed by atoms with E-state index in [0.29, 0.717) is 35.1 Å². The Kier molecular flexibility index (Phi) is 4.63. The van der Waals surface area contributed by atoms with Crippen molar-refractivity contribution in [2.45, 2.75) is 25.8 Å². The molecular formula is C21H22N4O4. The molecule has 1 aromatic carbocycles. The summed E-state index contributed by atoms with van der Waals surface area (Å²) in [6.07, 6.45) is 4.62. The minimum absolute atomic E-state index is 0.125. The number of hydrogen-bond donors (Lipinski definition) is 0. The lowest BCUT2D eigenvalue weighted by atomic mass is 9.93. The van der Waals surface area contributed by atoms with Gasteiger partial charge in [0.1, 0.15) is 0 Å². The predicted octanol–water partition coefficient (Wildman–Crippen LogP) is 2.10. The second-order valence-corrected chi connectivity index (χ2v) is 7.74. The summed E-state index contributed by atoms with van der Waals surface area (Å²) in [6.45, 7) is 3.37. The first kappa shape index (κ1) is 18.1. The van der Waals surface area contributed by atoms with E-state index in [1.165, 1.54) is 4.90 Å². The minimum Gasteiger partial charge on any atom is -0.454 e. The summed E-state index contributed by atoms with van der Waals surface area (Å²) in [5.74, 6) is 1.10. The van der Waals surface area contributed by atoms with Crippen LogP contribution in [0.25, 0.3) is 0 Å². The van der Waals surface area contributed by atoms with Gasteiger partial charge in [0.25, 0.3) is 11.8 Å². The number of piperidine rings is 1. The first-order valence-electron chi connectivity index (χ1n) is 9.98. The third-order valence-corrected chi connectivity index (χ3v) is 5.95. The second-order valence-electron chi connectivity index (χ2n) is 7.74. The molecule has 8 heteroatoms. The van der Waals surface area contributed by atoms with Crippen molar-refractivity contribution in [2.24, 2.45) is 5.92 Å². The van der Waals surface area contributed by atoms with Gasteiger partial charge in [-0.1, -0.05) is 0 Å². The number of carbonyl (C=O) groups is 2. The van der Waals surface area contributed by atoms with Crippen LogP contribution in [0.5, 0.6) is 11.5 Å². The molecule has 0 unspecified atom stereocenters. The smallest absolute Gasteiger partial charge is 0.261 e. The molecule has 0 bridgehead atoms. The van der Waals surface area contributed by atoms with E-state index >= 15 is 0 Å². The molecule has 3 aliphatic rings. The van der Waals surface area contributed by atoms with Gasteiger partial charge < -0.3 is 9.47 Å². The zero-order valence-electron chi connectivity index (χ0n) is 16.0. The summed E-state index contributed by atoms with van der Waals surface area (Å²) < 4.78 is 10.7. The third kappa shape index (κ3) is 3.44. The van der Waals surface area contributed by atoms with E-state index in [1.54, 1.807) is 18.3 Å². The average molecular weight is 394 g/mol. The monoisotopic (exact) mass is 394 g/mol. The van der Waals surface area contributed by atoms with Crippen LogP contribution in [0.1, 0.15) is 45.7 Å². The molecule has 0 atom stereocenters.